The van der Waals surface area contributed by atoms with Crippen LogP contribution in [0.5, 0.6) is 0 Å². The average Bonchev–Trinajstić information content (AvgIpc) is 2.75. The molecule has 9 heteroatoms. The number of hydrogen-bond donors (Lipinski definition) is 2. The van der Waals surface area contributed by atoms with Crippen LogP contribution in [0.3, 0.4) is 0 Å². The van der Waals surface area contributed by atoms with Gasteiger partial charge in [0.1, 0.15) is 17.5 Å². The number of hydrogen-bond acceptors (Lipinski definition) is 5. The molecule has 0 aliphatic heterocycles. The lowest BCUT2D eigenvalue weighted by molar-refractivity contribution is 0.316. The van der Waals surface area contributed by atoms with Crippen molar-refractivity contribution in [3.8, 4) is 0 Å². The van der Waals surface area contributed by atoms with Gasteiger partial charge in [-0.3, -0.25) is 0 Å². The molecular formula is C25H28ClF2N5S. The SMILES string of the molecule is CCN(N)/N=C(\N)CN(Sc1cc(C)cc(C)c1)c1ccc(Cl)cc1Cc1c(F)cccc1F. The number of amidine groups is 1. The summed E-state index contributed by atoms with van der Waals surface area (Å²) in [5, 5.41) is 5.92. The fraction of sp³-hybridized carbons (Fsp3) is 0.240. The third kappa shape index (κ3) is 6.85. The maximum absolute atomic E-state index is 14.4. The Bertz CT molecular complexity index is 1150. The van der Waals surface area contributed by atoms with E-state index in [0.717, 1.165) is 21.7 Å². The fourth-order valence-corrected chi connectivity index (χ4v) is 4.92. The summed E-state index contributed by atoms with van der Waals surface area (Å²) in [5.74, 6) is 4.88. The molecule has 3 aromatic rings. The lowest BCUT2D eigenvalue weighted by atomic mass is 10.0. The number of nitrogens with two attached hydrogens (primary N) is 2. The molecule has 0 atom stereocenters. The van der Waals surface area contributed by atoms with E-state index in [9.17, 15) is 8.78 Å². The fourth-order valence-electron chi connectivity index (χ4n) is 3.52. The average molecular weight is 504 g/mol. The highest BCUT2D eigenvalue weighted by atomic mass is 35.5. The first-order valence-electron chi connectivity index (χ1n) is 10.8. The van der Waals surface area contributed by atoms with Crippen LogP contribution >= 0.6 is 23.5 Å². The van der Waals surface area contributed by atoms with Crippen LogP contribution in [0.4, 0.5) is 14.5 Å². The van der Waals surface area contributed by atoms with Gasteiger partial charge in [0.15, 0.2) is 0 Å². The summed E-state index contributed by atoms with van der Waals surface area (Å²) >= 11 is 7.73. The Kier molecular flexibility index (Phi) is 8.77. The first-order valence-corrected chi connectivity index (χ1v) is 11.9. The highest BCUT2D eigenvalue weighted by molar-refractivity contribution is 8.00. The van der Waals surface area contributed by atoms with Gasteiger partial charge < -0.3 is 10.0 Å². The van der Waals surface area contributed by atoms with Gasteiger partial charge >= 0.3 is 0 Å². The third-order valence-electron chi connectivity index (χ3n) is 5.04. The number of hydrazine groups is 1. The quantitative estimate of drug-likeness (QED) is 0.127. The molecule has 0 fully saturated rings. The summed E-state index contributed by atoms with van der Waals surface area (Å²) in [6.07, 6.45) is 0.0212. The molecule has 0 radical (unpaired) electrons. The van der Waals surface area contributed by atoms with Gasteiger partial charge in [-0.05, 0) is 91.9 Å². The van der Waals surface area contributed by atoms with Crippen LogP contribution in [0.25, 0.3) is 0 Å². The molecule has 34 heavy (non-hydrogen) atoms. The molecule has 0 saturated heterocycles. The standard InChI is InChI=1S/C25H28ClF2N5S/c1-4-33(30)31-25(29)15-32(34-20-11-16(2)10-17(3)12-20)24-9-8-19(26)13-18(24)14-21-22(27)6-5-7-23(21)28/h5-13H,4,14-15,30H2,1-3H3,(H2,29,31). The second kappa shape index (κ2) is 11.6. The first-order chi connectivity index (χ1) is 16.2. The normalized spacial score (nSPS) is 11.6. The lowest BCUT2D eigenvalue weighted by Crippen LogP contribution is -2.35. The summed E-state index contributed by atoms with van der Waals surface area (Å²) in [4.78, 5) is 0.989. The molecule has 0 saturated carbocycles. The Labute approximate surface area is 208 Å². The third-order valence-corrected chi connectivity index (χ3v) is 6.26. The zero-order valence-corrected chi connectivity index (χ0v) is 20.9. The molecule has 5 nitrogen and oxygen atoms in total. The predicted octanol–water partition coefficient (Wildman–Crippen LogP) is 5.81. The number of rotatable bonds is 9. The van der Waals surface area contributed by atoms with Crippen LogP contribution in [0.15, 0.2) is 64.6 Å². The van der Waals surface area contributed by atoms with Gasteiger partial charge in [-0.15, -0.1) is 5.10 Å². The van der Waals surface area contributed by atoms with Gasteiger partial charge in [0.2, 0.25) is 0 Å². The molecule has 0 aliphatic rings. The first kappa shape index (κ1) is 25.8. The van der Waals surface area contributed by atoms with Crippen LogP contribution in [0.2, 0.25) is 5.02 Å². The molecular weight excluding hydrogens is 476 g/mol. The van der Waals surface area contributed by atoms with Crippen molar-refractivity contribution >= 4 is 35.1 Å². The van der Waals surface area contributed by atoms with E-state index in [1.165, 1.54) is 35.3 Å². The number of benzene rings is 3. The van der Waals surface area contributed by atoms with E-state index in [0.29, 0.717) is 23.0 Å². The number of nitrogens with zero attached hydrogens (tertiary/aromatic N) is 3. The largest absolute Gasteiger partial charge is 0.384 e. The Morgan fingerprint density at radius 2 is 1.68 bits per heavy atom. The summed E-state index contributed by atoms with van der Waals surface area (Å²) in [6, 6.07) is 15.3. The Hall–Kier alpha value is -2.81. The van der Waals surface area contributed by atoms with Crippen LogP contribution < -0.4 is 15.9 Å². The minimum Gasteiger partial charge on any atom is -0.384 e. The number of aryl methyl sites for hydroxylation is 2. The maximum Gasteiger partial charge on any atom is 0.142 e. The summed E-state index contributed by atoms with van der Waals surface area (Å²) < 4.78 is 30.8. The van der Waals surface area contributed by atoms with Crippen molar-refractivity contribution in [1.82, 2.24) is 5.12 Å². The van der Waals surface area contributed by atoms with Crippen molar-refractivity contribution in [2.75, 3.05) is 17.4 Å². The summed E-state index contributed by atoms with van der Waals surface area (Å²) in [7, 11) is 0. The van der Waals surface area contributed by atoms with Gasteiger partial charge in [0.25, 0.3) is 0 Å². The molecule has 0 unspecified atom stereocenters. The van der Waals surface area contributed by atoms with E-state index in [4.69, 9.17) is 23.2 Å². The van der Waals surface area contributed by atoms with Gasteiger partial charge in [-0.2, -0.15) is 0 Å². The highest BCUT2D eigenvalue weighted by Gasteiger charge is 2.19. The topological polar surface area (TPSA) is 70.9 Å². The van der Waals surface area contributed by atoms with E-state index in [2.05, 4.69) is 23.3 Å². The smallest absolute Gasteiger partial charge is 0.142 e. The number of halogens is 3. The maximum atomic E-state index is 14.4. The molecule has 0 heterocycles. The Morgan fingerprint density at radius 1 is 1.03 bits per heavy atom. The predicted molar refractivity (Wildman–Crippen MR) is 138 cm³/mol. The van der Waals surface area contributed by atoms with Gasteiger partial charge in [0.05, 0.1) is 18.8 Å². The van der Waals surface area contributed by atoms with Gasteiger partial charge in [0, 0.05) is 21.9 Å². The van der Waals surface area contributed by atoms with Gasteiger partial charge in [-0.1, -0.05) is 23.7 Å². The van der Waals surface area contributed by atoms with E-state index < -0.39 is 11.6 Å². The van der Waals surface area contributed by atoms with Crippen molar-refractivity contribution in [1.29, 1.82) is 0 Å². The van der Waals surface area contributed by atoms with Gasteiger partial charge in [-0.25, -0.2) is 19.7 Å². The van der Waals surface area contributed by atoms with Crippen molar-refractivity contribution in [2.24, 2.45) is 16.7 Å². The number of anilines is 1. The van der Waals surface area contributed by atoms with Crippen molar-refractivity contribution in [3.05, 3.63) is 93.5 Å². The van der Waals surface area contributed by atoms with Crippen molar-refractivity contribution in [2.45, 2.75) is 32.1 Å². The second-order valence-electron chi connectivity index (χ2n) is 7.95. The molecule has 0 aromatic heterocycles. The summed E-state index contributed by atoms with van der Waals surface area (Å²) in [6.45, 7) is 6.63. The molecule has 0 bridgehead atoms. The van der Waals surface area contributed by atoms with E-state index in [-0.39, 0.29) is 18.5 Å². The molecule has 0 amide bonds. The highest BCUT2D eigenvalue weighted by Crippen LogP contribution is 2.35. The lowest BCUT2D eigenvalue weighted by Gasteiger charge is -2.26. The van der Waals surface area contributed by atoms with Crippen LogP contribution in [0, 0.1) is 25.5 Å². The number of hydrazone groups is 1. The van der Waals surface area contributed by atoms with E-state index in [1.54, 1.807) is 12.1 Å². The van der Waals surface area contributed by atoms with Crippen molar-refractivity contribution < 1.29 is 8.78 Å². The van der Waals surface area contributed by atoms with Crippen LogP contribution in [0.1, 0.15) is 29.2 Å². The molecule has 4 N–H and O–H groups in total. The molecule has 3 aromatic carbocycles. The van der Waals surface area contributed by atoms with Crippen LogP contribution in [-0.2, 0) is 6.42 Å². The molecule has 180 valence electrons. The molecule has 3 rings (SSSR count). The van der Waals surface area contributed by atoms with E-state index in [1.807, 2.05) is 31.1 Å². The Morgan fingerprint density at radius 3 is 2.29 bits per heavy atom. The minimum absolute atomic E-state index is 0.0212. The van der Waals surface area contributed by atoms with Crippen LogP contribution in [-0.4, -0.2) is 24.0 Å². The van der Waals surface area contributed by atoms with E-state index >= 15 is 0 Å². The summed E-state index contributed by atoms with van der Waals surface area (Å²) in [5.41, 5.74) is 9.79. The zero-order valence-electron chi connectivity index (χ0n) is 19.4. The zero-order chi connectivity index (χ0) is 24.8. The second-order valence-corrected chi connectivity index (χ2v) is 9.48. The Balaban J connectivity index is 2.06. The molecule has 0 spiro atoms. The monoisotopic (exact) mass is 503 g/mol. The molecule has 0 aliphatic carbocycles. The van der Waals surface area contributed by atoms with Crippen molar-refractivity contribution in [3.63, 3.8) is 0 Å². The minimum atomic E-state index is -0.609.